The van der Waals surface area contributed by atoms with Gasteiger partial charge >= 0.3 is 0 Å². The standard InChI is InChI=1S/C9H12N2OS.ClH/c10-8-1-3-11(5-8)9(12)7-2-4-13-6-7;/h2,4,6,8H,1,3,5,10H2;1H. The van der Waals surface area contributed by atoms with Gasteiger partial charge < -0.3 is 10.6 Å². The van der Waals surface area contributed by atoms with E-state index >= 15 is 0 Å². The molecule has 1 aromatic rings. The Hall–Kier alpha value is -0.580. The van der Waals surface area contributed by atoms with Gasteiger partial charge in [-0.05, 0) is 17.9 Å². The van der Waals surface area contributed by atoms with Crippen molar-refractivity contribution < 1.29 is 4.79 Å². The Morgan fingerprint density at radius 3 is 2.93 bits per heavy atom. The third-order valence-electron chi connectivity index (χ3n) is 2.28. The predicted molar refractivity (Wildman–Crippen MR) is 60.1 cm³/mol. The van der Waals surface area contributed by atoms with E-state index in [2.05, 4.69) is 0 Å². The van der Waals surface area contributed by atoms with Crippen molar-refractivity contribution in [3.63, 3.8) is 0 Å². The van der Waals surface area contributed by atoms with Gasteiger partial charge in [-0.15, -0.1) is 12.4 Å². The first kappa shape index (κ1) is 11.5. The number of carbonyl (C=O) groups excluding carboxylic acids is 1. The lowest BCUT2D eigenvalue weighted by Gasteiger charge is -2.14. The summed E-state index contributed by atoms with van der Waals surface area (Å²) in [7, 11) is 0. The van der Waals surface area contributed by atoms with Crippen LogP contribution in [-0.2, 0) is 0 Å². The number of hydrogen-bond donors (Lipinski definition) is 1. The van der Waals surface area contributed by atoms with Gasteiger partial charge in [-0.2, -0.15) is 11.3 Å². The van der Waals surface area contributed by atoms with Gasteiger partial charge in [0.1, 0.15) is 0 Å². The Balaban J connectivity index is 0.000000980. The highest BCUT2D eigenvalue weighted by Crippen LogP contribution is 2.14. The molecule has 0 aliphatic carbocycles. The van der Waals surface area contributed by atoms with E-state index in [9.17, 15) is 4.79 Å². The van der Waals surface area contributed by atoms with Crippen LogP contribution in [0.2, 0.25) is 0 Å². The summed E-state index contributed by atoms with van der Waals surface area (Å²) in [4.78, 5) is 13.6. The van der Waals surface area contributed by atoms with Crippen LogP contribution in [0.4, 0.5) is 0 Å². The zero-order valence-corrected chi connectivity index (χ0v) is 9.31. The third kappa shape index (κ3) is 2.26. The summed E-state index contributed by atoms with van der Waals surface area (Å²) in [6.45, 7) is 1.50. The average Bonchev–Trinajstić information content (AvgIpc) is 2.72. The lowest BCUT2D eigenvalue weighted by Crippen LogP contribution is -2.31. The molecule has 1 aliphatic heterocycles. The number of likely N-dealkylation sites (tertiary alicyclic amines) is 1. The van der Waals surface area contributed by atoms with Crippen molar-refractivity contribution in [2.24, 2.45) is 5.73 Å². The molecule has 1 amide bonds. The van der Waals surface area contributed by atoms with Crippen molar-refractivity contribution >= 4 is 29.7 Å². The number of hydrogen-bond acceptors (Lipinski definition) is 3. The van der Waals surface area contributed by atoms with E-state index in [1.807, 2.05) is 21.7 Å². The van der Waals surface area contributed by atoms with Crippen LogP contribution in [0.25, 0.3) is 0 Å². The number of halogens is 1. The minimum Gasteiger partial charge on any atom is -0.337 e. The highest BCUT2D eigenvalue weighted by Gasteiger charge is 2.24. The smallest absolute Gasteiger partial charge is 0.254 e. The van der Waals surface area contributed by atoms with Gasteiger partial charge in [0, 0.05) is 24.5 Å². The maximum absolute atomic E-state index is 11.7. The number of amides is 1. The molecular formula is C9H13ClN2OS. The maximum Gasteiger partial charge on any atom is 0.254 e. The van der Waals surface area contributed by atoms with Gasteiger partial charge in [-0.1, -0.05) is 0 Å². The van der Waals surface area contributed by atoms with Gasteiger partial charge in [-0.25, -0.2) is 0 Å². The van der Waals surface area contributed by atoms with E-state index in [1.165, 1.54) is 0 Å². The van der Waals surface area contributed by atoms with Crippen LogP contribution in [0.5, 0.6) is 0 Å². The van der Waals surface area contributed by atoms with Gasteiger partial charge in [-0.3, -0.25) is 4.79 Å². The molecule has 5 heteroatoms. The van der Waals surface area contributed by atoms with E-state index in [0.717, 1.165) is 18.5 Å². The van der Waals surface area contributed by atoms with Crippen LogP contribution in [-0.4, -0.2) is 29.9 Å². The zero-order valence-electron chi connectivity index (χ0n) is 7.68. The summed E-state index contributed by atoms with van der Waals surface area (Å²) in [5.74, 6) is 0.120. The number of nitrogens with zero attached hydrogens (tertiary/aromatic N) is 1. The molecule has 2 heterocycles. The van der Waals surface area contributed by atoms with Crippen molar-refractivity contribution in [2.45, 2.75) is 12.5 Å². The van der Waals surface area contributed by atoms with Gasteiger partial charge in [0.25, 0.3) is 5.91 Å². The number of carbonyl (C=O) groups is 1. The fourth-order valence-corrected chi connectivity index (χ4v) is 2.17. The topological polar surface area (TPSA) is 46.3 Å². The Bertz CT molecular complexity index is 302. The van der Waals surface area contributed by atoms with E-state index in [4.69, 9.17) is 5.73 Å². The molecule has 1 aliphatic rings. The molecule has 0 spiro atoms. The Morgan fingerprint density at radius 1 is 1.64 bits per heavy atom. The van der Waals surface area contributed by atoms with Crippen molar-refractivity contribution in [3.8, 4) is 0 Å². The van der Waals surface area contributed by atoms with E-state index in [-0.39, 0.29) is 24.4 Å². The second kappa shape index (κ2) is 4.77. The quantitative estimate of drug-likeness (QED) is 0.795. The van der Waals surface area contributed by atoms with Crippen LogP contribution >= 0.6 is 23.7 Å². The van der Waals surface area contributed by atoms with E-state index in [0.29, 0.717) is 6.54 Å². The molecule has 1 fully saturated rings. The second-order valence-corrected chi connectivity index (χ2v) is 4.09. The normalized spacial score (nSPS) is 20.6. The van der Waals surface area contributed by atoms with Crippen molar-refractivity contribution in [1.82, 2.24) is 4.90 Å². The number of thiophene rings is 1. The first-order chi connectivity index (χ1) is 6.27. The molecule has 0 radical (unpaired) electrons. The van der Waals surface area contributed by atoms with E-state index in [1.54, 1.807) is 11.3 Å². The summed E-state index contributed by atoms with van der Waals surface area (Å²) in [6.07, 6.45) is 0.926. The van der Waals surface area contributed by atoms with Gasteiger partial charge in [0.2, 0.25) is 0 Å². The molecule has 1 saturated heterocycles. The summed E-state index contributed by atoms with van der Waals surface area (Å²) in [5, 5.41) is 3.80. The second-order valence-electron chi connectivity index (χ2n) is 3.31. The van der Waals surface area contributed by atoms with Crippen molar-refractivity contribution in [2.75, 3.05) is 13.1 Å². The van der Waals surface area contributed by atoms with Crippen molar-refractivity contribution in [1.29, 1.82) is 0 Å². The van der Waals surface area contributed by atoms with Crippen LogP contribution in [0, 0.1) is 0 Å². The fraction of sp³-hybridized carbons (Fsp3) is 0.444. The molecule has 1 unspecified atom stereocenters. The molecule has 14 heavy (non-hydrogen) atoms. The molecule has 0 aromatic carbocycles. The summed E-state index contributed by atoms with van der Waals surface area (Å²) in [5.41, 5.74) is 6.52. The molecule has 2 N–H and O–H groups in total. The van der Waals surface area contributed by atoms with Crippen LogP contribution in [0.3, 0.4) is 0 Å². The molecule has 1 aromatic heterocycles. The molecule has 0 bridgehead atoms. The molecule has 2 rings (SSSR count). The summed E-state index contributed by atoms with van der Waals surface area (Å²) >= 11 is 1.55. The lowest BCUT2D eigenvalue weighted by atomic mass is 10.3. The van der Waals surface area contributed by atoms with Crippen LogP contribution in [0.1, 0.15) is 16.8 Å². The molecule has 3 nitrogen and oxygen atoms in total. The first-order valence-electron chi connectivity index (χ1n) is 4.34. The molecule has 1 atom stereocenters. The maximum atomic E-state index is 11.7. The minimum absolute atomic E-state index is 0. The molecule has 0 saturated carbocycles. The highest BCUT2D eigenvalue weighted by atomic mass is 35.5. The van der Waals surface area contributed by atoms with Crippen molar-refractivity contribution in [3.05, 3.63) is 22.4 Å². The predicted octanol–water partition coefficient (Wildman–Crippen LogP) is 1.34. The minimum atomic E-state index is 0. The zero-order chi connectivity index (χ0) is 9.26. The fourth-order valence-electron chi connectivity index (χ4n) is 1.54. The average molecular weight is 233 g/mol. The Kier molecular flexibility index (Phi) is 3.92. The lowest BCUT2D eigenvalue weighted by molar-refractivity contribution is 0.0791. The first-order valence-corrected chi connectivity index (χ1v) is 5.28. The van der Waals surface area contributed by atoms with Gasteiger partial charge in [0.15, 0.2) is 0 Å². The van der Waals surface area contributed by atoms with Crippen LogP contribution < -0.4 is 5.73 Å². The number of nitrogens with two attached hydrogens (primary N) is 1. The van der Waals surface area contributed by atoms with Gasteiger partial charge in [0.05, 0.1) is 5.56 Å². The summed E-state index contributed by atoms with van der Waals surface area (Å²) in [6, 6.07) is 2.03. The Labute approximate surface area is 93.3 Å². The molecular weight excluding hydrogens is 220 g/mol. The molecule has 78 valence electrons. The monoisotopic (exact) mass is 232 g/mol. The SMILES string of the molecule is Cl.NC1CCN(C(=O)c2ccsc2)C1. The largest absolute Gasteiger partial charge is 0.337 e. The van der Waals surface area contributed by atoms with E-state index < -0.39 is 0 Å². The third-order valence-corrected chi connectivity index (χ3v) is 2.96. The Morgan fingerprint density at radius 2 is 2.43 bits per heavy atom. The number of rotatable bonds is 1. The summed E-state index contributed by atoms with van der Waals surface area (Å²) < 4.78 is 0. The van der Waals surface area contributed by atoms with Crippen LogP contribution in [0.15, 0.2) is 16.8 Å². The highest BCUT2D eigenvalue weighted by molar-refractivity contribution is 7.08.